The summed E-state index contributed by atoms with van der Waals surface area (Å²) in [5.41, 5.74) is 1.56. The normalized spacial score (nSPS) is 14.9. The molecule has 4 rings (SSSR count). The fourth-order valence-corrected chi connectivity index (χ4v) is 3.92. The molecule has 1 aliphatic rings. The van der Waals surface area contributed by atoms with E-state index in [4.69, 9.17) is 16.0 Å². The number of nitrogens with zero attached hydrogens (tertiary/aromatic N) is 1. The van der Waals surface area contributed by atoms with E-state index in [1.165, 1.54) is 0 Å². The molecule has 1 aliphatic heterocycles. The van der Waals surface area contributed by atoms with Gasteiger partial charge in [-0.25, -0.2) is 0 Å². The van der Waals surface area contributed by atoms with Crippen molar-refractivity contribution in [3.8, 4) is 0 Å². The summed E-state index contributed by atoms with van der Waals surface area (Å²) in [4.78, 5) is 26.8. The quantitative estimate of drug-likeness (QED) is 0.682. The number of piperidine rings is 1. The minimum absolute atomic E-state index is 0.0288. The number of likely N-dealkylation sites (tertiary alicyclic amines) is 1. The van der Waals surface area contributed by atoms with E-state index in [0.717, 1.165) is 29.4 Å². The lowest BCUT2D eigenvalue weighted by Gasteiger charge is -2.31. The minimum atomic E-state index is -0.0672. The lowest BCUT2D eigenvalue weighted by Crippen LogP contribution is -2.41. The van der Waals surface area contributed by atoms with Gasteiger partial charge in [-0.3, -0.25) is 9.59 Å². The zero-order valence-corrected chi connectivity index (χ0v) is 16.8. The number of hydrogen-bond acceptors (Lipinski definition) is 3. The number of halogens is 1. The van der Waals surface area contributed by atoms with E-state index >= 15 is 0 Å². The molecule has 0 aliphatic carbocycles. The summed E-state index contributed by atoms with van der Waals surface area (Å²) in [7, 11) is 0. The van der Waals surface area contributed by atoms with Gasteiger partial charge in [0.1, 0.15) is 5.58 Å². The van der Waals surface area contributed by atoms with Crippen LogP contribution in [0.25, 0.3) is 11.0 Å². The number of nitrogens with one attached hydrogen (secondary N) is 1. The molecule has 6 heteroatoms. The van der Waals surface area contributed by atoms with Crippen LogP contribution < -0.4 is 5.32 Å². The van der Waals surface area contributed by atoms with Gasteiger partial charge in [-0.1, -0.05) is 48.0 Å². The van der Waals surface area contributed by atoms with Gasteiger partial charge >= 0.3 is 0 Å². The Labute approximate surface area is 174 Å². The molecule has 0 bridgehead atoms. The molecule has 0 saturated carbocycles. The Balaban J connectivity index is 1.25. The highest BCUT2D eigenvalue weighted by molar-refractivity contribution is 6.31. The zero-order valence-electron chi connectivity index (χ0n) is 16.1. The average molecular weight is 411 g/mol. The molecule has 3 aromatic rings. The van der Waals surface area contributed by atoms with Crippen LogP contribution in [0.3, 0.4) is 0 Å². The van der Waals surface area contributed by atoms with E-state index < -0.39 is 0 Å². The number of fused-ring (bicyclic) bond motifs is 1. The van der Waals surface area contributed by atoms with Crippen molar-refractivity contribution in [1.29, 1.82) is 0 Å². The molecule has 1 aromatic heterocycles. The average Bonchev–Trinajstić information content (AvgIpc) is 3.18. The molecule has 0 radical (unpaired) electrons. The van der Waals surface area contributed by atoms with Crippen molar-refractivity contribution < 1.29 is 14.0 Å². The van der Waals surface area contributed by atoms with E-state index in [2.05, 4.69) is 5.32 Å². The van der Waals surface area contributed by atoms with Crippen LogP contribution in [0.4, 0.5) is 0 Å². The Morgan fingerprint density at radius 3 is 2.55 bits per heavy atom. The molecule has 5 nitrogen and oxygen atoms in total. The maximum atomic E-state index is 12.7. The smallest absolute Gasteiger partial charge is 0.289 e. The first-order valence-corrected chi connectivity index (χ1v) is 10.3. The molecule has 0 spiro atoms. The molecule has 2 aromatic carbocycles. The predicted molar refractivity (Wildman–Crippen MR) is 113 cm³/mol. The molecule has 1 N–H and O–H groups in total. The predicted octanol–water partition coefficient (Wildman–Crippen LogP) is 4.30. The minimum Gasteiger partial charge on any atom is -0.451 e. The van der Waals surface area contributed by atoms with Crippen LogP contribution in [0.15, 0.2) is 59.0 Å². The fraction of sp³-hybridized carbons (Fsp3) is 0.304. The number of rotatable bonds is 5. The third-order valence-corrected chi connectivity index (χ3v) is 5.80. The van der Waals surface area contributed by atoms with E-state index in [1.54, 1.807) is 12.1 Å². The van der Waals surface area contributed by atoms with Gasteiger partial charge in [0.25, 0.3) is 5.91 Å². The van der Waals surface area contributed by atoms with Gasteiger partial charge in [0, 0.05) is 30.0 Å². The number of carbonyl (C=O) groups is 2. The summed E-state index contributed by atoms with van der Waals surface area (Å²) in [6, 6.07) is 16.8. The van der Waals surface area contributed by atoms with Crippen molar-refractivity contribution in [2.24, 2.45) is 5.92 Å². The lowest BCUT2D eigenvalue weighted by atomic mass is 9.96. The topological polar surface area (TPSA) is 62.6 Å². The van der Waals surface area contributed by atoms with Crippen molar-refractivity contribution in [2.45, 2.75) is 19.3 Å². The van der Waals surface area contributed by atoms with Gasteiger partial charge in [0.2, 0.25) is 5.91 Å². The van der Waals surface area contributed by atoms with Crippen molar-refractivity contribution >= 4 is 34.4 Å². The second-order valence-electron chi connectivity index (χ2n) is 7.46. The zero-order chi connectivity index (χ0) is 20.2. The SMILES string of the molecule is O=C(Cc1ccccc1Cl)NCC1CCN(C(=O)c2cc3ccccc3o2)CC1. The number of amides is 2. The molecule has 150 valence electrons. The van der Waals surface area contributed by atoms with Crippen LogP contribution in [0.2, 0.25) is 5.02 Å². The summed E-state index contributed by atoms with van der Waals surface area (Å²) < 4.78 is 5.70. The summed E-state index contributed by atoms with van der Waals surface area (Å²) in [6.07, 6.45) is 2.00. The molecule has 0 atom stereocenters. The highest BCUT2D eigenvalue weighted by atomic mass is 35.5. The first-order valence-electron chi connectivity index (χ1n) is 9.88. The number of para-hydroxylation sites is 1. The van der Waals surface area contributed by atoms with Gasteiger partial charge in [-0.2, -0.15) is 0 Å². The molecular weight excluding hydrogens is 388 g/mol. The summed E-state index contributed by atoms with van der Waals surface area (Å²) >= 11 is 6.11. The standard InChI is InChI=1S/C23H23ClN2O3/c24-19-7-3-1-5-17(19)14-22(27)25-15-16-9-11-26(12-10-16)23(28)21-13-18-6-2-4-8-20(18)29-21/h1-8,13,16H,9-12,14-15H2,(H,25,27). The monoisotopic (exact) mass is 410 g/mol. The Hall–Kier alpha value is -2.79. The fourth-order valence-electron chi connectivity index (χ4n) is 3.72. The van der Waals surface area contributed by atoms with Crippen molar-refractivity contribution in [3.05, 3.63) is 70.9 Å². The second kappa shape index (κ2) is 8.70. The number of benzene rings is 2. The highest BCUT2D eigenvalue weighted by Gasteiger charge is 2.26. The number of carbonyl (C=O) groups excluding carboxylic acids is 2. The van der Waals surface area contributed by atoms with Crippen molar-refractivity contribution in [1.82, 2.24) is 10.2 Å². The molecule has 2 amide bonds. The van der Waals surface area contributed by atoms with E-state index in [1.807, 2.05) is 47.4 Å². The van der Waals surface area contributed by atoms with Crippen LogP contribution in [0.5, 0.6) is 0 Å². The van der Waals surface area contributed by atoms with Gasteiger partial charge in [-0.05, 0) is 42.5 Å². The largest absolute Gasteiger partial charge is 0.451 e. The van der Waals surface area contributed by atoms with E-state index in [-0.39, 0.29) is 18.2 Å². The van der Waals surface area contributed by atoms with Gasteiger partial charge in [-0.15, -0.1) is 0 Å². The maximum absolute atomic E-state index is 12.7. The van der Waals surface area contributed by atoms with Gasteiger partial charge in [0.15, 0.2) is 5.76 Å². The molecule has 29 heavy (non-hydrogen) atoms. The Morgan fingerprint density at radius 1 is 1.07 bits per heavy atom. The third-order valence-electron chi connectivity index (χ3n) is 5.43. The maximum Gasteiger partial charge on any atom is 0.289 e. The number of hydrogen-bond donors (Lipinski definition) is 1. The Bertz CT molecular complexity index is 989. The van der Waals surface area contributed by atoms with Crippen LogP contribution in [-0.2, 0) is 11.2 Å². The number of furan rings is 1. The van der Waals surface area contributed by atoms with Crippen LogP contribution >= 0.6 is 11.6 Å². The van der Waals surface area contributed by atoms with Crippen molar-refractivity contribution in [2.75, 3.05) is 19.6 Å². The van der Waals surface area contributed by atoms with Gasteiger partial charge < -0.3 is 14.6 Å². The molecule has 2 heterocycles. The lowest BCUT2D eigenvalue weighted by molar-refractivity contribution is -0.120. The van der Waals surface area contributed by atoms with Crippen LogP contribution in [-0.4, -0.2) is 36.3 Å². The van der Waals surface area contributed by atoms with Gasteiger partial charge in [0.05, 0.1) is 6.42 Å². The molecular formula is C23H23ClN2O3. The first kappa shape index (κ1) is 19.5. The summed E-state index contributed by atoms with van der Waals surface area (Å²) in [5.74, 6) is 0.656. The molecule has 0 unspecified atom stereocenters. The van der Waals surface area contributed by atoms with Crippen LogP contribution in [0, 0.1) is 5.92 Å². The summed E-state index contributed by atoms with van der Waals surface area (Å²) in [5, 5.41) is 4.55. The Kier molecular flexibility index (Phi) is 5.86. The second-order valence-corrected chi connectivity index (χ2v) is 7.86. The molecule has 1 saturated heterocycles. The Morgan fingerprint density at radius 2 is 1.79 bits per heavy atom. The van der Waals surface area contributed by atoms with E-state index in [9.17, 15) is 9.59 Å². The van der Waals surface area contributed by atoms with Crippen molar-refractivity contribution in [3.63, 3.8) is 0 Å². The summed E-state index contributed by atoms with van der Waals surface area (Å²) in [6.45, 7) is 1.96. The molecule has 1 fully saturated rings. The third kappa shape index (κ3) is 4.62. The van der Waals surface area contributed by atoms with E-state index in [0.29, 0.717) is 36.3 Å². The van der Waals surface area contributed by atoms with Crippen LogP contribution in [0.1, 0.15) is 29.0 Å². The highest BCUT2D eigenvalue weighted by Crippen LogP contribution is 2.23. The first-order chi connectivity index (χ1) is 14.1.